The van der Waals surface area contributed by atoms with E-state index in [1.807, 2.05) is 60.0 Å². The van der Waals surface area contributed by atoms with Crippen LogP contribution in [0, 0.1) is 6.92 Å². The third-order valence-corrected chi connectivity index (χ3v) is 4.11. The number of fused-ring (bicyclic) bond motifs is 1. The van der Waals surface area contributed by atoms with Crippen LogP contribution in [0.25, 0.3) is 16.7 Å². The average molecular weight is 298 g/mol. The minimum Gasteiger partial charge on any atom is -0.481 e. The molecule has 21 heavy (non-hydrogen) atoms. The molecule has 0 bridgehead atoms. The Morgan fingerprint density at radius 2 is 1.95 bits per heavy atom. The van der Waals surface area contributed by atoms with Crippen LogP contribution in [0.3, 0.4) is 0 Å². The summed E-state index contributed by atoms with van der Waals surface area (Å²) < 4.78 is 2.03. The highest BCUT2D eigenvalue weighted by Crippen LogP contribution is 2.29. The highest BCUT2D eigenvalue weighted by Gasteiger charge is 2.15. The van der Waals surface area contributed by atoms with Gasteiger partial charge in [0.2, 0.25) is 0 Å². The number of benzene rings is 2. The molecule has 0 spiro atoms. The van der Waals surface area contributed by atoms with Crippen LogP contribution in [0.1, 0.15) is 5.56 Å². The fraction of sp³-hybridized carbons (Fsp3) is 0.125. The number of carbonyl (C=O) groups is 1. The summed E-state index contributed by atoms with van der Waals surface area (Å²) in [5.41, 5.74) is 4.01. The molecule has 0 aliphatic carbocycles. The highest BCUT2D eigenvalue weighted by atomic mass is 32.2. The summed E-state index contributed by atoms with van der Waals surface area (Å²) in [6, 6.07) is 15.8. The molecule has 0 amide bonds. The fourth-order valence-corrected chi connectivity index (χ4v) is 3.05. The van der Waals surface area contributed by atoms with Crippen LogP contribution >= 0.6 is 11.8 Å². The molecule has 0 saturated carbocycles. The van der Waals surface area contributed by atoms with Gasteiger partial charge in [-0.3, -0.25) is 9.36 Å². The predicted octanol–water partition coefficient (Wildman–Crippen LogP) is 3.51. The molecule has 0 radical (unpaired) electrons. The number of rotatable bonds is 4. The number of thioether (sulfide) groups is 1. The van der Waals surface area contributed by atoms with Gasteiger partial charge >= 0.3 is 5.97 Å². The van der Waals surface area contributed by atoms with Crippen molar-refractivity contribution in [3.05, 3.63) is 54.1 Å². The smallest absolute Gasteiger partial charge is 0.313 e. The van der Waals surface area contributed by atoms with Crippen LogP contribution in [0.15, 0.2) is 53.7 Å². The van der Waals surface area contributed by atoms with Gasteiger partial charge in [-0.15, -0.1) is 0 Å². The van der Waals surface area contributed by atoms with Crippen molar-refractivity contribution in [3.8, 4) is 5.69 Å². The number of carboxylic acid groups (broad SMARTS) is 1. The summed E-state index contributed by atoms with van der Waals surface area (Å²) in [5, 5.41) is 9.61. The Labute approximate surface area is 126 Å². The Bertz CT molecular complexity index is 797. The minimum atomic E-state index is -0.844. The molecular formula is C16H14N2O2S. The third kappa shape index (κ3) is 2.64. The molecule has 0 unspecified atom stereocenters. The first kappa shape index (κ1) is 13.7. The van der Waals surface area contributed by atoms with Gasteiger partial charge in [-0.05, 0) is 30.7 Å². The minimum absolute atomic E-state index is 0.00476. The lowest BCUT2D eigenvalue weighted by Crippen LogP contribution is -2.02. The maximum absolute atomic E-state index is 10.8. The summed E-state index contributed by atoms with van der Waals surface area (Å²) in [6.45, 7) is 2.04. The summed E-state index contributed by atoms with van der Waals surface area (Å²) >= 11 is 1.24. The molecule has 1 aromatic heterocycles. The van der Waals surface area contributed by atoms with Crippen LogP contribution in [0.2, 0.25) is 0 Å². The fourth-order valence-electron chi connectivity index (χ4n) is 2.31. The Morgan fingerprint density at radius 3 is 2.67 bits per heavy atom. The molecule has 106 valence electrons. The first-order valence-corrected chi connectivity index (χ1v) is 7.53. The van der Waals surface area contributed by atoms with E-state index < -0.39 is 5.97 Å². The van der Waals surface area contributed by atoms with Gasteiger partial charge in [-0.1, -0.05) is 42.1 Å². The van der Waals surface area contributed by atoms with Gasteiger partial charge in [0, 0.05) is 5.69 Å². The van der Waals surface area contributed by atoms with E-state index in [9.17, 15) is 4.79 Å². The molecular weight excluding hydrogens is 284 g/mol. The standard InChI is InChI=1S/C16H14N2O2S/c1-11-6-5-9-13-15(11)18(12-7-3-2-4-8-12)16(17-13)21-10-14(19)20/h2-9H,10H2,1H3,(H,19,20). The predicted molar refractivity (Wildman–Crippen MR) is 84.2 cm³/mol. The SMILES string of the molecule is Cc1cccc2nc(SCC(=O)O)n(-c3ccccc3)c12. The Hall–Kier alpha value is -2.27. The van der Waals surface area contributed by atoms with Gasteiger partial charge in [0.05, 0.1) is 16.8 Å². The van der Waals surface area contributed by atoms with E-state index >= 15 is 0 Å². The van der Waals surface area contributed by atoms with Gasteiger partial charge in [0.1, 0.15) is 0 Å². The zero-order chi connectivity index (χ0) is 14.8. The molecule has 1 heterocycles. The van der Waals surface area contributed by atoms with Gasteiger partial charge in [-0.25, -0.2) is 4.98 Å². The van der Waals surface area contributed by atoms with Crippen molar-refractivity contribution < 1.29 is 9.90 Å². The Balaban J connectivity index is 2.22. The molecule has 3 rings (SSSR count). The van der Waals surface area contributed by atoms with E-state index in [-0.39, 0.29) is 5.75 Å². The first-order valence-electron chi connectivity index (χ1n) is 6.55. The number of imidazole rings is 1. The lowest BCUT2D eigenvalue weighted by Gasteiger charge is -2.09. The zero-order valence-corrected chi connectivity index (χ0v) is 12.3. The molecule has 5 heteroatoms. The molecule has 0 aliphatic rings. The lowest BCUT2D eigenvalue weighted by atomic mass is 10.2. The third-order valence-electron chi connectivity index (χ3n) is 3.19. The van der Waals surface area contributed by atoms with Gasteiger partial charge in [0.15, 0.2) is 5.16 Å². The van der Waals surface area contributed by atoms with Crippen molar-refractivity contribution in [3.63, 3.8) is 0 Å². The number of aliphatic carboxylic acids is 1. The van der Waals surface area contributed by atoms with E-state index in [0.29, 0.717) is 5.16 Å². The highest BCUT2D eigenvalue weighted by molar-refractivity contribution is 7.99. The Morgan fingerprint density at radius 1 is 1.19 bits per heavy atom. The molecule has 0 fully saturated rings. The molecule has 4 nitrogen and oxygen atoms in total. The lowest BCUT2D eigenvalue weighted by molar-refractivity contribution is -0.133. The quantitative estimate of drug-likeness (QED) is 0.749. The summed E-state index contributed by atoms with van der Waals surface area (Å²) in [7, 11) is 0. The second-order valence-corrected chi connectivity index (χ2v) is 5.63. The van der Waals surface area contributed by atoms with E-state index in [4.69, 9.17) is 5.11 Å². The van der Waals surface area contributed by atoms with Crippen molar-refractivity contribution in [2.75, 3.05) is 5.75 Å². The number of aromatic nitrogens is 2. The number of nitrogens with zero attached hydrogens (tertiary/aromatic N) is 2. The van der Waals surface area contributed by atoms with Crippen molar-refractivity contribution >= 4 is 28.8 Å². The summed E-state index contributed by atoms with van der Waals surface area (Å²) in [6.07, 6.45) is 0. The molecule has 3 aromatic rings. The van der Waals surface area contributed by atoms with E-state index in [0.717, 1.165) is 22.3 Å². The number of aryl methyl sites for hydroxylation is 1. The molecule has 2 aromatic carbocycles. The average Bonchev–Trinajstić information content (AvgIpc) is 2.86. The number of para-hydroxylation sites is 2. The first-order chi connectivity index (χ1) is 10.2. The van der Waals surface area contributed by atoms with Gasteiger partial charge in [0.25, 0.3) is 0 Å². The van der Waals surface area contributed by atoms with Crippen LogP contribution < -0.4 is 0 Å². The number of hydrogen-bond acceptors (Lipinski definition) is 3. The second-order valence-electron chi connectivity index (χ2n) is 4.69. The van der Waals surface area contributed by atoms with Crippen molar-refractivity contribution in [2.45, 2.75) is 12.1 Å². The molecule has 0 saturated heterocycles. The van der Waals surface area contributed by atoms with E-state index in [1.54, 1.807) is 0 Å². The maximum atomic E-state index is 10.8. The van der Waals surface area contributed by atoms with Crippen LogP contribution in [0.5, 0.6) is 0 Å². The largest absolute Gasteiger partial charge is 0.481 e. The second kappa shape index (κ2) is 5.61. The zero-order valence-electron chi connectivity index (χ0n) is 11.5. The van der Waals surface area contributed by atoms with Crippen LogP contribution in [0.4, 0.5) is 0 Å². The van der Waals surface area contributed by atoms with Crippen LogP contribution in [-0.2, 0) is 4.79 Å². The molecule has 1 N–H and O–H groups in total. The Kier molecular flexibility index (Phi) is 3.66. The van der Waals surface area contributed by atoms with E-state index in [2.05, 4.69) is 4.98 Å². The molecule has 0 atom stereocenters. The normalized spacial score (nSPS) is 10.9. The van der Waals surface area contributed by atoms with Crippen molar-refractivity contribution in [2.24, 2.45) is 0 Å². The summed E-state index contributed by atoms with van der Waals surface area (Å²) in [5.74, 6) is -0.849. The number of hydrogen-bond donors (Lipinski definition) is 1. The van der Waals surface area contributed by atoms with Crippen molar-refractivity contribution in [1.29, 1.82) is 0 Å². The molecule has 0 aliphatic heterocycles. The van der Waals surface area contributed by atoms with E-state index in [1.165, 1.54) is 11.8 Å². The summed E-state index contributed by atoms with van der Waals surface area (Å²) in [4.78, 5) is 15.4. The maximum Gasteiger partial charge on any atom is 0.313 e. The van der Waals surface area contributed by atoms with Crippen LogP contribution in [-0.4, -0.2) is 26.4 Å². The number of carboxylic acids is 1. The van der Waals surface area contributed by atoms with Crippen molar-refractivity contribution in [1.82, 2.24) is 9.55 Å². The topological polar surface area (TPSA) is 55.1 Å². The van der Waals surface area contributed by atoms with Gasteiger partial charge < -0.3 is 5.11 Å². The monoisotopic (exact) mass is 298 g/mol. The van der Waals surface area contributed by atoms with Gasteiger partial charge in [-0.2, -0.15) is 0 Å².